The van der Waals surface area contributed by atoms with Crippen LogP contribution in [0.25, 0.3) is 0 Å². The summed E-state index contributed by atoms with van der Waals surface area (Å²) in [6.07, 6.45) is 6.98. The lowest BCUT2D eigenvalue weighted by Gasteiger charge is -2.35. The van der Waals surface area contributed by atoms with E-state index in [-0.39, 0.29) is 17.9 Å². The Bertz CT molecular complexity index is 632. The maximum absolute atomic E-state index is 12.4. The fourth-order valence-corrected chi connectivity index (χ4v) is 3.26. The van der Waals surface area contributed by atoms with Crippen LogP contribution in [0.1, 0.15) is 38.2 Å². The zero-order valence-corrected chi connectivity index (χ0v) is 15.1. The van der Waals surface area contributed by atoms with E-state index in [2.05, 4.69) is 27.5 Å². The largest absolute Gasteiger partial charge is 0.481 e. The Balaban J connectivity index is 1.61. The lowest BCUT2D eigenvalue weighted by molar-refractivity contribution is -0.145. The van der Waals surface area contributed by atoms with Crippen LogP contribution in [-0.4, -0.2) is 57.5 Å². The van der Waals surface area contributed by atoms with E-state index in [0.29, 0.717) is 32.0 Å². The predicted octanol–water partition coefficient (Wildman–Crippen LogP) is 1.10. The van der Waals surface area contributed by atoms with Gasteiger partial charge in [0, 0.05) is 50.2 Å². The minimum absolute atomic E-state index is 0.0150. The van der Waals surface area contributed by atoms with E-state index in [1.54, 1.807) is 12.4 Å². The fraction of sp³-hybridized carbons (Fsp3) is 0.667. The third-order valence-corrected chi connectivity index (χ3v) is 4.81. The molecule has 1 aliphatic heterocycles. The SMILES string of the molecule is CCCNc1ncc(CN2C[C@@H](C(=O)O)C[C@@H](C(=O)NC3CC3)C2)cn1. The summed E-state index contributed by atoms with van der Waals surface area (Å²) in [4.78, 5) is 34.5. The minimum Gasteiger partial charge on any atom is -0.481 e. The van der Waals surface area contributed by atoms with Gasteiger partial charge < -0.3 is 15.7 Å². The molecule has 1 aliphatic carbocycles. The lowest BCUT2D eigenvalue weighted by Crippen LogP contribution is -2.48. The van der Waals surface area contributed by atoms with Gasteiger partial charge in [0.1, 0.15) is 0 Å². The van der Waals surface area contributed by atoms with Gasteiger partial charge in [0.2, 0.25) is 11.9 Å². The summed E-state index contributed by atoms with van der Waals surface area (Å²) < 4.78 is 0. The second-order valence-electron chi connectivity index (χ2n) is 7.29. The van der Waals surface area contributed by atoms with E-state index in [0.717, 1.165) is 31.4 Å². The van der Waals surface area contributed by atoms with Gasteiger partial charge in [-0.05, 0) is 25.7 Å². The van der Waals surface area contributed by atoms with Crippen LogP contribution in [0.2, 0.25) is 0 Å². The molecule has 0 bridgehead atoms. The van der Waals surface area contributed by atoms with E-state index in [1.807, 2.05) is 4.90 Å². The number of rotatable bonds is 8. The van der Waals surface area contributed by atoms with Crippen molar-refractivity contribution in [3.8, 4) is 0 Å². The molecule has 3 N–H and O–H groups in total. The number of amides is 1. The molecule has 142 valence electrons. The van der Waals surface area contributed by atoms with Crippen LogP contribution in [0.4, 0.5) is 5.95 Å². The van der Waals surface area contributed by atoms with Crippen molar-refractivity contribution in [2.75, 3.05) is 25.0 Å². The van der Waals surface area contributed by atoms with Crippen molar-refractivity contribution in [3.63, 3.8) is 0 Å². The third-order valence-electron chi connectivity index (χ3n) is 4.81. The van der Waals surface area contributed by atoms with E-state index in [9.17, 15) is 14.7 Å². The number of nitrogens with zero attached hydrogens (tertiary/aromatic N) is 3. The molecular weight excluding hydrogens is 334 g/mol. The highest BCUT2D eigenvalue weighted by Gasteiger charge is 2.36. The topological polar surface area (TPSA) is 107 Å². The Morgan fingerprint density at radius 2 is 1.92 bits per heavy atom. The van der Waals surface area contributed by atoms with Crippen LogP contribution < -0.4 is 10.6 Å². The van der Waals surface area contributed by atoms with Gasteiger partial charge in [0.15, 0.2) is 0 Å². The van der Waals surface area contributed by atoms with Crippen molar-refractivity contribution >= 4 is 17.8 Å². The third kappa shape index (κ3) is 5.14. The first-order valence-electron chi connectivity index (χ1n) is 9.35. The maximum Gasteiger partial charge on any atom is 0.307 e. The zero-order chi connectivity index (χ0) is 18.5. The van der Waals surface area contributed by atoms with Gasteiger partial charge in [0.05, 0.1) is 11.8 Å². The second-order valence-corrected chi connectivity index (χ2v) is 7.29. The molecule has 0 unspecified atom stereocenters. The highest BCUT2D eigenvalue weighted by molar-refractivity contribution is 5.81. The number of hydrogen-bond acceptors (Lipinski definition) is 6. The molecule has 1 saturated carbocycles. The molecule has 1 aromatic rings. The molecule has 0 radical (unpaired) electrons. The number of carbonyl (C=O) groups excluding carboxylic acids is 1. The van der Waals surface area contributed by atoms with Crippen molar-refractivity contribution in [2.24, 2.45) is 11.8 Å². The number of hydrogen-bond donors (Lipinski definition) is 3. The number of aliphatic carboxylic acids is 1. The van der Waals surface area contributed by atoms with Gasteiger partial charge in [0.25, 0.3) is 0 Å². The minimum atomic E-state index is -0.839. The van der Waals surface area contributed by atoms with Crippen LogP contribution in [0, 0.1) is 11.8 Å². The normalized spacial score (nSPS) is 23.4. The summed E-state index contributed by atoms with van der Waals surface area (Å²) in [5.74, 6) is -1.06. The molecule has 1 amide bonds. The van der Waals surface area contributed by atoms with Gasteiger partial charge in [-0.1, -0.05) is 6.92 Å². The van der Waals surface area contributed by atoms with Gasteiger partial charge >= 0.3 is 5.97 Å². The Labute approximate surface area is 153 Å². The number of nitrogens with one attached hydrogen (secondary N) is 2. The Kier molecular flexibility index (Phi) is 6.03. The Morgan fingerprint density at radius 1 is 1.23 bits per heavy atom. The molecular formula is C18H27N5O3. The summed E-state index contributed by atoms with van der Waals surface area (Å²) in [6.45, 7) is 4.46. The monoisotopic (exact) mass is 361 g/mol. The summed E-state index contributed by atoms with van der Waals surface area (Å²) in [5, 5.41) is 15.6. The number of carboxylic acid groups (broad SMARTS) is 1. The zero-order valence-electron chi connectivity index (χ0n) is 15.1. The number of carboxylic acids is 1. The van der Waals surface area contributed by atoms with Gasteiger partial charge in [-0.2, -0.15) is 0 Å². The molecule has 0 spiro atoms. The first kappa shape index (κ1) is 18.6. The van der Waals surface area contributed by atoms with Crippen molar-refractivity contribution in [2.45, 2.75) is 45.2 Å². The second kappa shape index (κ2) is 8.44. The highest BCUT2D eigenvalue weighted by atomic mass is 16.4. The van der Waals surface area contributed by atoms with Crippen LogP contribution in [0.3, 0.4) is 0 Å². The van der Waals surface area contributed by atoms with Crippen molar-refractivity contribution in [1.29, 1.82) is 0 Å². The molecule has 2 fully saturated rings. The van der Waals surface area contributed by atoms with Gasteiger partial charge in [-0.25, -0.2) is 9.97 Å². The smallest absolute Gasteiger partial charge is 0.307 e. The maximum atomic E-state index is 12.4. The molecule has 2 atom stereocenters. The van der Waals surface area contributed by atoms with Crippen molar-refractivity contribution in [1.82, 2.24) is 20.2 Å². The number of carbonyl (C=O) groups is 2. The molecule has 2 heterocycles. The Morgan fingerprint density at radius 3 is 2.54 bits per heavy atom. The van der Waals surface area contributed by atoms with E-state index in [1.165, 1.54) is 0 Å². The molecule has 1 saturated heterocycles. The quantitative estimate of drug-likeness (QED) is 0.636. The predicted molar refractivity (Wildman–Crippen MR) is 96.5 cm³/mol. The summed E-state index contributed by atoms with van der Waals surface area (Å²) in [5.41, 5.74) is 0.916. The first-order valence-corrected chi connectivity index (χ1v) is 9.35. The molecule has 8 heteroatoms. The van der Waals surface area contributed by atoms with E-state index >= 15 is 0 Å². The average molecular weight is 361 g/mol. The number of piperidine rings is 1. The van der Waals surface area contributed by atoms with E-state index < -0.39 is 11.9 Å². The molecule has 26 heavy (non-hydrogen) atoms. The highest BCUT2D eigenvalue weighted by Crippen LogP contribution is 2.26. The van der Waals surface area contributed by atoms with Crippen LogP contribution in [0.5, 0.6) is 0 Å². The van der Waals surface area contributed by atoms with Crippen LogP contribution in [-0.2, 0) is 16.1 Å². The van der Waals surface area contributed by atoms with E-state index in [4.69, 9.17) is 0 Å². The van der Waals surface area contributed by atoms with Crippen LogP contribution in [0.15, 0.2) is 12.4 Å². The number of anilines is 1. The standard InChI is InChI=1S/C18H27N5O3/c1-2-5-19-18-20-7-12(8-21-18)9-23-10-13(6-14(11-23)17(25)26)16(24)22-15-3-4-15/h7-8,13-15H,2-6,9-11H2,1H3,(H,22,24)(H,25,26)(H,19,20,21)/t13-,14+/m1/s1. The van der Waals surface area contributed by atoms with Crippen LogP contribution >= 0.6 is 0 Å². The van der Waals surface area contributed by atoms with Crippen molar-refractivity contribution in [3.05, 3.63) is 18.0 Å². The molecule has 1 aromatic heterocycles. The Hall–Kier alpha value is -2.22. The van der Waals surface area contributed by atoms with Crippen molar-refractivity contribution < 1.29 is 14.7 Å². The number of likely N-dealkylation sites (tertiary alicyclic amines) is 1. The van der Waals surface area contributed by atoms with Gasteiger partial charge in [-0.3, -0.25) is 14.5 Å². The molecule has 2 aliphatic rings. The summed E-state index contributed by atoms with van der Waals surface area (Å²) >= 11 is 0. The number of aromatic nitrogens is 2. The molecule has 3 rings (SSSR count). The van der Waals surface area contributed by atoms with Gasteiger partial charge in [-0.15, -0.1) is 0 Å². The molecule has 0 aromatic carbocycles. The average Bonchev–Trinajstić information content (AvgIpc) is 3.45. The summed E-state index contributed by atoms with van der Waals surface area (Å²) in [6, 6.07) is 0.290. The summed E-state index contributed by atoms with van der Waals surface area (Å²) in [7, 11) is 0. The first-order chi connectivity index (χ1) is 12.5. The fourth-order valence-electron chi connectivity index (χ4n) is 3.26. The molecule has 8 nitrogen and oxygen atoms in total. The lowest BCUT2D eigenvalue weighted by atomic mass is 9.88.